The molecule has 0 aromatic carbocycles. The van der Waals surface area contributed by atoms with Gasteiger partial charge >= 0.3 is 0 Å². The molecule has 6 heteroatoms. The molecular weight excluding hydrogens is 210 g/mol. The van der Waals surface area contributed by atoms with E-state index in [0.29, 0.717) is 26.4 Å². The third-order valence-electron chi connectivity index (χ3n) is 2.14. The summed E-state index contributed by atoms with van der Waals surface area (Å²) in [6.07, 6.45) is 0.937. The number of oxime groups is 1. The highest BCUT2D eigenvalue weighted by Gasteiger charge is 2.05. The molecular formula is C10H23N3O3. The van der Waals surface area contributed by atoms with Crippen molar-refractivity contribution in [2.24, 2.45) is 16.8 Å². The summed E-state index contributed by atoms with van der Waals surface area (Å²) in [6.45, 7) is 5.44. The first kappa shape index (κ1) is 15.2. The van der Waals surface area contributed by atoms with Crippen LogP contribution in [0.3, 0.4) is 0 Å². The Morgan fingerprint density at radius 2 is 2.19 bits per heavy atom. The van der Waals surface area contributed by atoms with Crippen LogP contribution < -0.4 is 11.1 Å². The third-order valence-corrected chi connectivity index (χ3v) is 2.14. The van der Waals surface area contributed by atoms with Crippen LogP contribution in [0.25, 0.3) is 0 Å². The van der Waals surface area contributed by atoms with Crippen molar-refractivity contribution < 1.29 is 14.7 Å². The van der Waals surface area contributed by atoms with Crippen molar-refractivity contribution in [2.75, 3.05) is 40.0 Å². The molecule has 4 N–H and O–H groups in total. The van der Waals surface area contributed by atoms with Crippen molar-refractivity contribution in [1.82, 2.24) is 5.32 Å². The third kappa shape index (κ3) is 8.46. The summed E-state index contributed by atoms with van der Waals surface area (Å²) in [5, 5.41) is 14.6. The molecule has 0 aliphatic heterocycles. The van der Waals surface area contributed by atoms with E-state index in [0.717, 1.165) is 13.0 Å². The topological polar surface area (TPSA) is 89.1 Å². The molecule has 0 spiro atoms. The highest BCUT2D eigenvalue weighted by molar-refractivity contribution is 5.82. The summed E-state index contributed by atoms with van der Waals surface area (Å²) in [5.41, 5.74) is 5.43. The number of methoxy groups -OCH3 is 1. The first-order valence-corrected chi connectivity index (χ1v) is 5.47. The van der Waals surface area contributed by atoms with E-state index in [4.69, 9.17) is 20.4 Å². The molecule has 1 unspecified atom stereocenters. The van der Waals surface area contributed by atoms with Crippen LogP contribution >= 0.6 is 0 Å². The highest BCUT2D eigenvalue weighted by Crippen LogP contribution is 1.92. The molecule has 0 bridgehead atoms. The second-order valence-corrected chi connectivity index (χ2v) is 3.59. The van der Waals surface area contributed by atoms with Crippen LogP contribution in [0, 0.1) is 5.92 Å². The fourth-order valence-electron chi connectivity index (χ4n) is 1.07. The zero-order valence-corrected chi connectivity index (χ0v) is 10.1. The van der Waals surface area contributed by atoms with Crippen molar-refractivity contribution in [1.29, 1.82) is 0 Å². The zero-order valence-electron chi connectivity index (χ0n) is 10.1. The molecule has 0 heterocycles. The average molecular weight is 233 g/mol. The van der Waals surface area contributed by atoms with Gasteiger partial charge in [0.15, 0.2) is 0 Å². The van der Waals surface area contributed by atoms with Gasteiger partial charge in [0, 0.05) is 26.2 Å². The van der Waals surface area contributed by atoms with Gasteiger partial charge in [-0.25, -0.2) is 0 Å². The van der Waals surface area contributed by atoms with Crippen LogP contribution in [0.2, 0.25) is 0 Å². The maximum absolute atomic E-state index is 8.43. The molecule has 0 fully saturated rings. The van der Waals surface area contributed by atoms with Crippen LogP contribution in [0.4, 0.5) is 0 Å². The predicted molar refractivity (Wildman–Crippen MR) is 62.8 cm³/mol. The fraction of sp³-hybridized carbons (Fsp3) is 0.900. The van der Waals surface area contributed by atoms with Gasteiger partial charge in [-0.3, -0.25) is 0 Å². The van der Waals surface area contributed by atoms with Gasteiger partial charge in [-0.2, -0.15) is 0 Å². The summed E-state index contributed by atoms with van der Waals surface area (Å²) in [7, 11) is 1.65. The molecule has 16 heavy (non-hydrogen) atoms. The lowest BCUT2D eigenvalue weighted by molar-refractivity contribution is 0.0695. The van der Waals surface area contributed by atoms with Gasteiger partial charge in [0.25, 0.3) is 0 Å². The Morgan fingerprint density at radius 3 is 2.81 bits per heavy atom. The van der Waals surface area contributed by atoms with Crippen LogP contribution in [0.15, 0.2) is 5.16 Å². The summed E-state index contributed by atoms with van der Waals surface area (Å²) < 4.78 is 10.1. The molecule has 0 amide bonds. The second-order valence-electron chi connectivity index (χ2n) is 3.59. The lowest BCUT2D eigenvalue weighted by Crippen LogP contribution is -2.32. The van der Waals surface area contributed by atoms with Crippen LogP contribution in [-0.4, -0.2) is 51.1 Å². The number of rotatable bonds is 10. The Bertz CT molecular complexity index is 188. The van der Waals surface area contributed by atoms with Gasteiger partial charge in [-0.15, -0.1) is 0 Å². The molecule has 0 aliphatic rings. The van der Waals surface area contributed by atoms with E-state index >= 15 is 0 Å². The summed E-state index contributed by atoms with van der Waals surface area (Å²) in [4.78, 5) is 0. The van der Waals surface area contributed by atoms with E-state index in [1.165, 1.54) is 0 Å². The summed E-state index contributed by atoms with van der Waals surface area (Å²) in [6, 6.07) is 0. The van der Waals surface area contributed by atoms with Crippen molar-refractivity contribution in [3.05, 3.63) is 0 Å². The number of nitrogens with two attached hydrogens (primary N) is 1. The standard InChI is InChI=1S/C10H23N3O3/c1-9(10(11)13-14)8-12-4-3-5-16-7-6-15-2/h9,12,14H,3-8H2,1-2H3,(H2,11,13). The van der Waals surface area contributed by atoms with Gasteiger partial charge in [-0.1, -0.05) is 12.1 Å². The van der Waals surface area contributed by atoms with Gasteiger partial charge in [0.2, 0.25) is 0 Å². The number of nitrogens with one attached hydrogen (secondary N) is 1. The molecule has 0 radical (unpaired) electrons. The normalized spacial score (nSPS) is 14.0. The Hall–Kier alpha value is -0.850. The van der Waals surface area contributed by atoms with Crippen molar-refractivity contribution in [3.63, 3.8) is 0 Å². The highest BCUT2D eigenvalue weighted by atomic mass is 16.5. The zero-order chi connectivity index (χ0) is 12.2. The molecule has 1 atom stereocenters. The Labute approximate surface area is 96.8 Å². The largest absolute Gasteiger partial charge is 0.409 e. The molecule has 96 valence electrons. The molecule has 0 saturated carbocycles. The van der Waals surface area contributed by atoms with Gasteiger partial charge < -0.3 is 25.7 Å². The first-order valence-electron chi connectivity index (χ1n) is 5.47. The summed E-state index contributed by atoms with van der Waals surface area (Å²) in [5.74, 6) is 0.295. The quantitative estimate of drug-likeness (QED) is 0.163. The minimum absolute atomic E-state index is 0.0411. The number of amidine groups is 1. The van der Waals surface area contributed by atoms with Gasteiger partial charge in [0.05, 0.1) is 13.2 Å². The van der Waals surface area contributed by atoms with Crippen LogP contribution in [0.5, 0.6) is 0 Å². The molecule has 0 rings (SSSR count). The van der Waals surface area contributed by atoms with E-state index in [2.05, 4.69) is 10.5 Å². The van der Waals surface area contributed by atoms with Gasteiger partial charge in [0.1, 0.15) is 5.84 Å². The molecule has 0 aromatic heterocycles. The molecule has 0 aromatic rings. The number of hydrogen-bond acceptors (Lipinski definition) is 5. The number of ether oxygens (including phenoxy) is 2. The Morgan fingerprint density at radius 1 is 1.44 bits per heavy atom. The lowest BCUT2D eigenvalue weighted by atomic mass is 10.1. The van der Waals surface area contributed by atoms with Crippen molar-refractivity contribution in [3.8, 4) is 0 Å². The maximum atomic E-state index is 8.43. The summed E-state index contributed by atoms with van der Waals surface area (Å²) >= 11 is 0. The van der Waals surface area contributed by atoms with Crippen LogP contribution in [0.1, 0.15) is 13.3 Å². The maximum Gasteiger partial charge on any atom is 0.143 e. The minimum Gasteiger partial charge on any atom is -0.409 e. The predicted octanol–water partition coefficient (Wildman–Crippen LogP) is 0.0116. The monoisotopic (exact) mass is 233 g/mol. The molecule has 0 saturated heterocycles. The number of nitrogens with zero attached hydrogens (tertiary/aromatic N) is 1. The van der Waals surface area contributed by atoms with E-state index in [1.54, 1.807) is 7.11 Å². The van der Waals surface area contributed by atoms with Gasteiger partial charge in [-0.05, 0) is 13.0 Å². The molecule has 6 nitrogen and oxygen atoms in total. The van der Waals surface area contributed by atoms with E-state index in [9.17, 15) is 0 Å². The van der Waals surface area contributed by atoms with Crippen molar-refractivity contribution in [2.45, 2.75) is 13.3 Å². The molecule has 0 aliphatic carbocycles. The van der Waals surface area contributed by atoms with E-state index in [1.807, 2.05) is 6.92 Å². The number of hydrogen-bond donors (Lipinski definition) is 3. The smallest absolute Gasteiger partial charge is 0.143 e. The van der Waals surface area contributed by atoms with E-state index in [-0.39, 0.29) is 11.8 Å². The Balaban J connectivity index is 3.21. The fourth-order valence-corrected chi connectivity index (χ4v) is 1.07. The second kappa shape index (κ2) is 10.7. The van der Waals surface area contributed by atoms with E-state index < -0.39 is 0 Å². The first-order chi connectivity index (χ1) is 7.72. The average Bonchev–Trinajstić information content (AvgIpc) is 2.31. The van der Waals surface area contributed by atoms with Crippen LogP contribution in [-0.2, 0) is 9.47 Å². The SMILES string of the molecule is COCCOCCCNCC(C)C(N)=NO. The van der Waals surface area contributed by atoms with Crippen molar-refractivity contribution >= 4 is 5.84 Å². The Kier molecular flexibility index (Phi) is 10.1. The lowest BCUT2D eigenvalue weighted by Gasteiger charge is -2.10. The minimum atomic E-state index is 0.0411.